The molecule has 1 saturated heterocycles. The minimum absolute atomic E-state index is 0.0384. The van der Waals surface area contributed by atoms with Gasteiger partial charge in [-0.15, -0.1) is 0 Å². The average Bonchev–Trinajstić information content (AvgIpc) is 2.47. The van der Waals surface area contributed by atoms with Gasteiger partial charge in [0.2, 0.25) is 0 Å². The highest BCUT2D eigenvalue weighted by atomic mass is 16.2. The molecule has 0 aromatic heterocycles. The van der Waals surface area contributed by atoms with Gasteiger partial charge in [-0.25, -0.2) is 5.43 Å². The summed E-state index contributed by atoms with van der Waals surface area (Å²) in [5.74, 6) is -0.0117. The molecule has 3 aliphatic rings. The zero-order chi connectivity index (χ0) is 10.3. The normalized spacial score (nSPS) is 36.7. The molecular weight excluding hydrogens is 192 g/mol. The first-order valence-electron chi connectivity index (χ1n) is 4.87. The molecule has 1 amide bonds. The Bertz CT molecular complexity index is 421. The zero-order valence-corrected chi connectivity index (χ0v) is 7.92. The minimum atomic E-state index is -0.0731. The van der Waals surface area contributed by atoms with Crippen molar-refractivity contribution in [2.75, 3.05) is 0 Å². The van der Waals surface area contributed by atoms with Crippen molar-refractivity contribution in [1.82, 2.24) is 10.9 Å². The smallest absolute Gasteiger partial charge is 0.261 e. The van der Waals surface area contributed by atoms with Gasteiger partial charge in [0.05, 0.1) is 12.1 Å². The molecule has 1 fully saturated rings. The average molecular weight is 202 g/mol. The van der Waals surface area contributed by atoms with Crippen molar-refractivity contribution in [2.24, 2.45) is 16.1 Å². The van der Waals surface area contributed by atoms with Gasteiger partial charge in [0.15, 0.2) is 0 Å². The number of carbonyl (C=O) groups excluding carboxylic acids is 1. The predicted molar refractivity (Wildman–Crippen MR) is 53.6 cm³/mol. The molecule has 3 atom stereocenters. The maximum Gasteiger partial charge on any atom is 0.261 e. The predicted octanol–water partition coefficient (Wildman–Crippen LogP) is 0.450. The fraction of sp³-hybridized carbons (Fsp3) is 0.300. The molecular formula is C10H10N4O. The standard InChI is InChI=1S/C10H10N4O/c15-10-6-2-1-3-7-9(6)8(13-14-10)4-5-11-12-7/h1-5,7-9,13H,(H,14,15). The van der Waals surface area contributed by atoms with Crippen LogP contribution in [0.25, 0.3) is 0 Å². The fourth-order valence-corrected chi connectivity index (χ4v) is 2.16. The molecule has 2 aliphatic heterocycles. The van der Waals surface area contributed by atoms with Crippen LogP contribution in [-0.2, 0) is 4.79 Å². The summed E-state index contributed by atoms with van der Waals surface area (Å²) < 4.78 is 0. The molecule has 3 rings (SSSR count). The molecule has 2 heterocycles. The third-order valence-electron chi connectivity index (χ3n) is 2.87. The number of nitrogens with one attached hydrogen (secondary N) is 2. The van der Waals surface area contributed by atoms with E-state index in [4.69, 9.17) is 0 Å². The first kappa shape index (κ1) is 8.55. The molecule has 15 heavy (non-hydrogen) atoms. The topological polar surface area (TPSA) is 65.8 Å². The Morgan fingerprint density at radius 1 is 1.33 bits per heavy atom. The Labute approximate surface area is 86.6 Å². The van der Waals surface area contributed by atoms with E-state index in [1.807, 2.05) is 24.3 Å². The summed E-state index contributed by atoms with van der Waals surface area (Å²) in [6.45, 7) is 0. The van der Waals surface area contributed by atoms with Gasteiger partial charge in [-0.3, -0.25) is 10.2 Å². The third kappa shape index (κ3) is 1.24. The largest absolute Gasteiger partial charge is 0.287 e. The second kappa shape index (κ2) is 3.13. The Balaban J connectivity index is 2.07. The molecule has 0 aromatic carbocycles. The summed E-state index contributed by atoms with van der Waals surface area (Å²) in [5.41, 5.74) is 6.37. The van der Waals surface area contributed by atoms with E-state index in [-0.39, 0.29) is 23.9 Å². The lowest BCUT2D eigenvalue weighted by Crippen LogP contribution is -2.57. The van der Waals surface area contributed by atoms with Gasteiger partial charge < -0.3 is 0 Å². The van der Waals surface area contributed by atoms with Gasteiger partial charge in [-0.1, -0.05) is 18.2 Å². The van der Waals surface area contributed by atoms with Gasteiger partial charge in [0, 0.05) is 17.7 Å². The van der Waals surface area contributed by atoms with Crippen molar-refractivity contribution in [1.29, 1.82) is 0 Å². The summed E-state index contributed by atoms with van der Waals surface area (Å²) in [7, 11) is 0. The van der Waals surface area contributed by atoms with Crippen LogP contribution in [0.2, 0.25) is 0 Å². The molecule has 5 nitrogen and oxygen atoms in total. The highest BCUT2D eigenvalue weighted by Gasteiger charge is 2.39. The summed E-state index contributed by atoms with van der Waals surface area (Å²) in [6, 6.07) is 0.0300. The Morgan fingerprint density at radius 2 is 2.27 bits per heavy atom. The molecule has 76 valence electrons. The Morgan fingerprint density at radius 3 is 3.20 bits per heavy atom. The lowest BCUT2D eigenvalue weighted by atomic mass is 9.80. The highest BCUT2D eigenvalue weighted by Crippen LogP contribution is 2.30. The molecule has 1 aliphatic carbocycles. The SMILES string of the molecule is O=C1NNC2C=CN=NC3C=CC=C1C32. The number of nitrogens with zero attached hydrogens (tertiary/aromatic N) is 2. The number of carbonyl (C=O) groups is 1. The van der Waals surface area contributed by atoms with Crippen molar-refractivity contribution < 1.29 is 4.79 Å². The summed E-state index contributed by atoms with van der Waals surface area (Å²) >= 11 is 0. The van der Waals surface area contributed by atoms with Gasteiger partial charge in [0.25, 0.3) is 5.91 Å². The van der Waals surface area contributed by atoms with Crippen molar-refractivity contribution in [2.45, 2.75) is 12.1 Å². The number of azo groups is 1. The lowest BCUT2D eigenvalue weighted by Gasteiger charge is -2.35. The quantitative estimate of drug-likeness (QED) is 0.599. The van der Waals surface area contributed by atoms with Gasteiger partial charge in [-0.05, 0) is 6.08 Å². The number of hydrazine groups is 1. The van der Waals surface area contributed by atoms with E-state index < -0.39 is 0 Å². The van der Waals surface area contributed by atoms with Crippen molar-refractivity contribution in [3.05, 3.63) is 36.1 Å². The van der Waals surface area contributed by atoms with Gasteiger partial charge >= 0.3 is 0 Å². The van der Waals surface area contributed by atoms with Crippen LogP contribution < -0.4 is 10.9 Å². The number of amides is 1. The van der Waals surface area contributed by atoms with Gasteiger partial charge in [-0.2, -0.15) is 10.2 Å². The van der Waals surface area contributed by atoms with Crippen molar-refractivity contribution in [3.8, 4) is 0 Å². The van der Waals surface area contributed by atoms with Crippen LogP contribution in [-0.4, -0.2) is 18.0 Å². The first-order chi connectivity index (χ1) is 7.36. The van der Waals surface area contributed by atoms with Crippen LogP contribution in [0.5, 0.6) is 0 Å². The zero-order valence-electron chi connectivity index (χ0n) is 7.92. The van der Waals surface area contributed by atoms with Gasteiger partial charge in [0.1, 0.15) is 0 Å². The van der Waals surface area contributed by atoms with Crippen molar-refractivity contribution >= 4 is 5.91 Å². The van der Waals surface area contributed by atoms with Crippen LogP contribution >= 0.6 is 0 Å². The molecule has 3 unspecified atom stereocenters. The van der Waals surface area contributed by atoms with Crippen LogP contribution in [0.3, 0.4) is 0 Å². The monoisotopic (exact) mass is 202 g/mol. The number of allylic oxidation sites excluding steroid dienone is 2. The summed E-state index contributed by atoms with van der Waals surface area (Å²) in [4.78, 5) is 11.6. The Kier molecular flexibility index (Phi) is 1.78. The van der Waals surface area contributed by atoms with E-state index in [0.29, 0.717) is 0 Å². The molecule has 0 saturated carbocycles. The van der Waals surface area contributed by atoms with Crippen LogP contribution in [0, 0.1) is 5.92 Å². The number of hydrogen-bond donors (Lipinski definition) is 2. The van der Waals surface area contributed by atoms with E-state index in [1.165, 1.54) is 0 Å². The van der Waals surface area contributed by atoms with E-state index in [2.05, 4.69) is 21.1 Å². The van der Waals surface area contributed by atoms with E-state index in [0.717, 1.165) is 5.57 Å². The van der Waals surface area contributed by atoms with E-state index in [9.17, 15) is 4.79 Å². The van der Waals surface area contributed by atoms with Crippen LogP contribution in [0.4, 0.5) is 0 Å². The third-order valence-corrected chi connectivity index (χ3v) is 2.87. The maximum absolute atomic E-state index is 11.6. The van der Waals surface area contributed by atoms with Crippen LogP contribution in [0.1, 0.15) is 0 Å². The molecule has 5 heteroatoms. The fourth-order valence-electron chi connectivity index (χ4n) is 2.16. The lowest BCUT2D eigenvalue weighted by molar-refractivity contribution is -0.120. The number of hydrogen-bond acceptors (Lipinski definition) is 4. The van der Waals surface area contributed by atoms with E-state index >= 15 is 0 Å². The summed E-state index contributed by atoms with van der Waals surface area (Å²) in [5, 5.41) is 8.08. The molecule has 0 radical (unpaired) electrons. The minimum Gasteiger partial charge on any atom is -0.287 e. The van der Waals surface area contributed by atoms with E-state index in [1.54, 1.807) is 6.20 Å². The van der Waals surface area contributed by atoms with Crippen LogP contribution in [0.15, 0.2) is 46.3 Å². The molecule has 2 N–H and O–H groups in total. The van der Waals surface area contributed by atoms with Crippen molar-refractivity contribution in [3.63, 3.8) is 0 Å². The summed E-state index contributed by atoms with van der Waals surface area (Å²) in [6.07, 6.45) is 9.26. The second-order valence-corrected chi connectivity index (χ2v) is 3.72. The second-order valence-electron chi connectivity index (χ2n) is 3.72. The molecule has 0 spiro atoms. The molecule has 0 aromatic rings. The number of rotatable bonds is 0. The maximum atomic E-state index is 11.6. The molecule has 0 bridgehead atoms. The Hall–Kier alpha value is -1.75. The first-order valence-corrected chi connectivity index (χ1v) is 4.87. The highest BCUT2D eigenvalue weighted by molar-refractivity contribution is 5.95.